The van der Waals surface area contributed by atoms with Crippen LogP contribution >= 0.6 is 11.3 Å². The zero-order chi connectivity index (χ0) is 14.8. The molecule has 2 atom stereocenters. The monoisotopic (exact) mass is 293 g/mol. The highest BCUT2D eigenvalue weighted by Gasteiger charge is 2.33. The first-order valence-electron chi connectivity index (χ1n) is 8.19. The van der Waals surface area contributed by atoms with Crippen LogP contribution in [0.1, 0.15) is 69.6 Å². The maximum atomic E-state index is 6.75. The van der Waals surface area contributed by atoms with Crippen LogP contribution in [0.2, 0.25) is 0 Å². The number of hydrogen-bond acceptors (Lipinski definition) is 2. The lowest BCUT2D eigenvalue weighted by Gasteiger charge is -2.31. The van der Waals surface area contributed by atoms with Gasteiger partial charge in [-0.3, -0.25) is 0 Å². The lowest BCUT2D eigenvalue weighted by atomic mass is 9.76. The Balaban J connectivity index is 2.00. The van der Waals surface area contributed by atoms with Gasteiger partial charge in [0.05, 0.1) is 0 Å². The van der Waals surface area contributed by atoms with Gasteiger partial charge in [0.15, 0.2) is 0 Å². The van der Waals surface area contributed by atoms with Crippen LogP contribution in [0, 0.1) is 11.3 Å². The second-order valence-electron chi connectivity index (χ2n) is 7.75. The van der Waals surface area contributed by atoms with E-state index in [1.54, 1.807) is 0 Å². The van der Waals surface area contributed by atoms with Gasteiger partial charge >= 0.3 is 0 Å². The van der Waals surface area contributed by atoms with Crippen LogP contribution in [0.4, 0.5) is 0 Å². The first-order valence-corrected chi connectivity index (χ1v) is 9.00. The van der Waals surface area contributed by atoms with Crippen LogP contribution in [0.15, 0.2) is 12.1 Å². The molecule has 0 radical (unpaired) electrons. The molecule has 0 aromatic carbocycles. The summed E-state index contributed by atoms with van der Waals surface area (Å²) in [6, 6.07) is 4.57. The van der Waals surface area contributed by atoms with Crippen LogP contribution in [0.5, 0.6) is 0 Å². The lowest BCUT2D eigenvalue weighted by molar-refractivity contribution is 0.210. The molecule has 0 saturated heterocycles. The maximum Gasteiger partial charge on any atom is 0.0203 e. The van der Waals surface area contributed by atoms with Gasteiger partial charge in [0.2, 0.25) is 0 Å². The third-order valence-electron chi connectivity index (χ3n) is 5.03. The van der Waals surface area contributed by atoms with Gasteiger partial charge in [-0.1, -0.05) is 34.1 Å². The maximum absolute atomic E-state index is 6.75. The summed E-state index contributed by atoms with van der Waals surface area (Å²) in [4.78, 5) is 2.98. The molecule has 2 rings (SSSR count). The fourth-order valence-electron chi connectivity index (χ4n) is 3.53. The summed E-state index contributed by atoms with van der Waals surface area (Å²) >= 11 is 1.96. The molecule has 0 aliphatic heterocycles. The topological polar surface area (TPSA) is 26.0 Å². The van der Waals surface area contributed by atoms with Crippen molar-refractivity contribution < 1.29 is 0 Å². The van der Waals surface area contributed by atoms with Crippen molar-refractivity contribution in [2.24, 2.45) is 17.1 Å². The third-order valence-corrected chi connectivity index (χ3v) is 6.26. The molecule has 0 bridgehead atoms. The van der Waals surface area contributed by atoms with E-state index in [-0.39, 0.29) is 5.54 Å². The number of hydrogen-bond donors (Lipinski definition) is 1. The van der Waals surface area contributed by atoms with Gasteiger partial charge in [0, 0.05) is 15.3 Å². The Labute approximate surface area is 129 Å². The van der Waals surface area contributed by atoms with Gasteiger partial charge in [-0.25, -0.2) is 0 Å². The van der Waals surface area contributed by atoms with E-state index in [2.05, 4.69) is 39.8 Å². The predicted octanol–water partition coefficient (Wildman–Crippen LogP) is 5.18. The minimum absolute atomic E-state index is 0.0376. The van der Waals surface area contributed by atoms with Gasteiger partial charge in [0.1, 0.15) is 0 Å². The highest BCUT2D eigenvalue weighted by atomic mass is 32.1. The van der Waals surface area contributed by atoms with E-state index in [4.69, 9.17) is 5.73 Å². The molecule has 1 nitrogen and oxygen atoms in total. The van der Waals surface area contributed by atoms with Crippen LogP contribution in [-0.4, -0.2) is 5.54 Å². The van der Waals surface area contributed by atoms with Gasteiger partial charge in [0.25, 0.3) is 0 Å². The average molecular weight is 294 g/mol. The summed E-state index contributed by atoms with van der Waals surface area (Å²) in [7, 11) is 0. The Bertz CT molecular complexity index is 429. The van der Waals surface area contributed by atoms with Crippen molar-refractivity contribution in [1.29, 1.82) is 0 Å². The molecule has 1 heterocycles. The van der Waals surface area contributed by atoms with Crippen molar-refractivity contribution in [3.05, 3.63) is 21.9 Å². The van der Waals surface area contributed by atoms with Gasteiger partial charge in [-0.15, -0.1) is 11.3 Å². The van der Waals surface area contributed by atoms with E-state index in [9.17, 15) is 0 Å². The molecule has 1 fully saturated rings. The van der Waals surface area contributed by atoms with Gasteiger partial charge < -0.3 is 5.73 Å². The van der Waals surface area contributed by atoms with Gasteiger partial charge in [-0.2, -0.15) is 0 Å². The fourth-order valence-corrected chi connectivity index (χ4v) is 4.64. The smallest absolute Gasteiger partial charge is 0.0203 e. The normalized spacial score (nSPS) is 28.4. The Morgan fingerprint density at radius 3 is 2.50 bits per heavy atom. The van der Waals surface area contributed by atoms with Gasteiger partial charge in [-0.05, 0) is 62.0 Å². The van der Waals surface area contributed by atoms with E-state index < -0.39 is 0 Å². The molecule has 20 heavy (non-hydrogen) atoms. The molecule has 1 aromatic heterocycles. The molecule has 1 aliphatic rings. The summed E-state index contributed by atoms with van der Waals surface area (Å²) in [6.45, 7) is 9.38. The zero-order valence-electron chi connectivity index (χ0n) is 13.7. The molecule has 2 unspecified atom stereocenters. The summed E-state index contributed by atoms with van der Waals surface area (Å²) in [6.07, 6.45) is 8.56. The van der Waals surface area contributed by atoms with E-state index >= 15 is 0 Å². The molecule has 0 amide bonds. The molecule has 1 saturated carbocycles. The van der Waals surface area contributed by atoms with Crippen molar-refractivity contribution in [3.8, 4) is 0 Å². The zero-order valence-corrected chi connectivity index (χ0v) is 14.5. The first kappa shape index (κ1) is 16.0. The van der Waals surface area contributed by atoms with Crippen LogP contribution in [-0.2, 0) is 12.8 Å². The predicted molar refractivity (Wildman–Crippen MR) is 90.3 cm³/mol. The molecule has 1 aliphatic carbocycles. The van der Waals surface area contributed by atoms with E-state index in [1.807, 2.05) is 11.3 Å². The summed E-state index contributed by atoms with van der Waals surface area (Å²) in [5.74, 6) is 0.836. The van der Waals surface area contributed by atoms with Crippen LogP contribution in [0.3, 0.4) is 0 Å². The highest BCUT2D eigenvalue weighted by molar-refractivity contribution is 7.12. The second-order valence-corrected chi connectivity index (χ2v) is 9.01. The van der Waals surface area contributed by atoms with Crippen LogP contribution in [0.25, 0.3) is 0 Å². The SMILES string of the molecule is CCc1ccc(CC2(N)CCCC(C(C)(C)C)CC2)s1. The second kappa shape index (κ2) is 6.19. The van der Waals surface area contributed by atoms with Crippen molar-refractivity contribution in [3.63, 3.8) is 0 Å². The quantitative estimate of drug-likeness (QED) is 0.764. The Morgan fingerprint density at radius 2 is 1.90 bits per heavy atom. The van der Waals surface area contributed by atoms with E-state index in [1.165, 1.54) is 41.9 Å². The van der Waals surface area contributed by atoms with Crippen LogP contribution < -0.4 is 5.73 Å². The molecule has 2 N–H and O–H groups in total. The Kier molecular flexibility index (Phi) is 4.96. The molecular weight excluding hydrogens is 262 g/mol. The average Bonchev–Trinajstić information content (AvgIpc) is 2.69. The van der Waals surface area contributed by atoms with Crippen molar-refractivity contribution in [2.75, 3.05) is 0 Å². The minimum Gasteiger partial charge on any atom is -0.325 e. The molecule has 0 spiro atoms. The number of rotatable bonds is 3. The number of nitrogens with two attached hydrogens (primary N) is 1. The number of thiophene rings is 1. The standard InChI is InChI=1S/C18H31NS/c1-5-15-8-9-16(20-15)13-18(19)11-6-7-14(10-12-18)17(2,3)4/h8-9,14H,5-7,10-13,19H2,1-4H3. The van der Waals surface area contributed by atoms with Crippen molar-refractivity contribution >= 4 is 11.3 Å². The van der Waals surface area contributed by atoms with E-state index in [0.717, 1.165) is 18.8 Å². The molecular formula is C18H31NS. The van der Waals surface area contributed by atoms with Crippen molar-refractivity contribution in [2.45, 2.75) is 78.2 Å². The summed E-state index contributed by atoms with van der Waals surface area (Å²) in [5.41, 5.74) is 7.23. The summed E-state index contributed by atoms with van der Waals surface area (Å²) < 4.78 is 0. The number of aryl methyl sites for hydroxylation is 1. The highest BCUT2D eigenvalue weighted by Crippen LogP contribution is 2.40. The third kappa shape index (κ3) is 4.08. The molecule has 114 valence electrons. The largest absolute Gasteiger partial charge is 0.325 e. The Hall–Kier alpha value is -0.340. The molecule has 1 aromatic rings. The molecule has 2 heteroatoms. The summed E-state index contributed by atoms with van der Waals surface area (Å²) in [5, 5.41) is 0. The minimum atomic E-state index is 0.0376. The van der Waals surface area contributed by atoms with E-state index in [0.29, 0.717) is 5.41 Å². The lowest BCUT2D eigenvalue weighted by Crippen LogP contribution is -2.41. The Morgan fingerprint density at radius 1 is 1.20 bits per heavy atom. The fraction of sp³-hybridized carbons (Fsp3) is 0.778. The first-order chi connectivity index (χ1) is 9.32. The van der Waals surface area contributed by atoms with Crippen molar-refractivity contribution in [1.82, 2.24) is 0 Å².